The number of aromatic nitrogens is 2. The summed E-state index contributed by atoms with van der Waals surface area (Å²) in [5, 5.41) is 10.8. The van der Waals surface area contributed by atoms with Gasteiger partial charge in [0, 0.05) is 37.0 Å². The zero-order valence-corrected chi connectivity index (χ0v) is 13.1. The van der Waals surface area contributed by atoms with E-state index in [9.17, 15) is 4.79 Å². The van der Waals surface area contributed by atoms with Crippen molar-refractivity contribution >= 4 is 28.9 Å². The van der Waals surface area contributed by atoms with Crippen molar-refractivity contribution in [3.8, 4) is 0 Å². The Balaban J connectivity index is 1.99. The highest BCUT2D eigenvalue weighted by Gasteiger charge is 2.05. The summed E-state index contributed by atoms with van der Waals surface area (Å²) in [6, 6.07) is 5.80. The molecule has 2 N–H and O–H groups in total. The highest BCUT2D eigenvalue weighted by atomic mass is 35.5. The molecule has 1 aromatic heterocycles. The van der Waals surface area contributed by atoms with E-state index in [0.717, 1.165) is 11.3 Å². The molecule has 0 radical (unpaired) electrons. The Bertz CT molecular complexity index is 636. The summed E-state index contributed by atoms with van der Waals surface area (Å²) in [6.07, 6.45) is 3.87. The van der Waals surface area contributed by atoms with Gasteiger partial charge in [0.1, 0.15) is 0 Å². The predicted molar refractivity (Wildman–Crippen MR) is 85.7 cm³/mol. The Morgan fingerprint density at radius 2 is 2.19 bits per heavy atom. The van der Waals surface area contributed by atoms with Crippen LogP contribution in [0, 0.1) is 0 Å². The molecule has 1 heterocycles. The van der Waals surface area contributed by atoms with E-state index in [2.05, 4.69) is 29.6 Å². The summed E-state index contributed by atoms with van der Waals surface area (Å²) in [5.41, 5.74) is 2.61. The molecule has 21 heavy (non-hydrogen) atoms. The van der Waals surface area contributed by atoms with Crippen LogP contribution in [0.5, 0.6) is 0 Å². The van der Waals surface area contributed by atoms with Gasteiger partial charge in [-0.25, -0.2) is 0 Å². The van der Waals surface area contributed by atoms with Gasteiger partial charge >= 0.3 is 0 Å². The van der Waals surface area contributed by atoms with Gasteiger partial charge in [-0.05, 0) is 32.0 Å². The summed E-state index contributed by atoms with van der Waals surface area (Å²) in [6.45, 7) is 6.30. The van der Waals surface area contributed by atoms with Crippen molar-refractivity contribution in [1.29, 1.82) is 0 Å². The van der Waals surface area contributed by atoms with Crippen LogP contribution in [0.15, 0.2) is 30.6 Å². The lowest BCUT2D eigenvalue weighted by Gasteiger charge is -2.09. The zero-order valence-electron chi connectivity index (χ0n) is 12.4. The van der Waals surface area contributed by atoms with Gasteiger partial charge in [-0.2, -0.15) is 5.10 Å². The Morgan fingerprint density at radius 3 is 2.76 bits per heavy atom. The van der Waals surface area contributed by atoms with Crippen molar-refractivity contribution in [2.75, 3.05) is 10.6 Å². The second-order valence-corrected chi connectivity index (χ2v) is 5.56. The molecule has 2 rings (SSSR count). The molecule has 0 spiro atoms. The molecule has 6 heteroatoms. The molecule has 0 unspecified atom stereocenters. The molecule has 0 bridgehead atoms. The molecule has 5 nitrogen and oxygen atoms in total. The Hall–Kier alpha value is -2.01. The molecule has 0 aliphatic carbocycles. The largest absolute Gasteiger partial charge is 0.381 e. The van der Waals surface area contributed by atoms with E-state index in [-0.39, 0.29) is 5.91 Å². The average molecular weight is 307 g/mol. The second kappa shape index (κ2) is 6.63. The van der Waals surface area contributed by atoms with Crippen molar-refractivity contribution in [3.05, 3.63) is 41.2 Å². The molecular formula is C15H19ClN4O. The Morgan fingerprint density at radius 1 is 1.43 bits per heavy atom. The van der Waals surface area contributed by atoms with Crippen LogP contribution in [-0.2, 0) is 11.3 Å². The van der Waals surface area contributed by atoms with E-state index in [4.69, 9.17) is 11.6 Å². The summed E-state index contributed by atoms with van der Waals surface area (Å²) < 4.78 is 1.92. The summed E-state index contributed by atoms with van der Waals surface area (Å²) >= 11 is 6.13. The maximum absolute atomic E-state index is 11.0. The molecule has 112 valence electrons. The highest BCUT2D eigenvalue weighted by molar-refractivity contribution is 6.34. The van der Waals surface area contributed by atoms with Crippen LogP contribution in [0.25, 0.3) is 0 Å². The van der Waals surface area contributed by atoms with E-state index < -0.39 is 0 Å². The molecule has 1 aromatic carbocycles. The van der Waals surface area contributed by atoms with E-state index >= 15 is 0 Å². The molecular weight excluding hydrogens is 288 g/mol. The fraction of sp³-hybridized carbons (Fsp3) is 0.333. The third-order valence-corrected chi connectivity index (χ3v) is 3.27. The molecule has 0 fully saturated rings. The maximum atomic E-state index is 11.0. The smallest absolute Gasteiger partial charge is 0.221 e. The van der Waals surface area contributed by atoms with Crippen LogP contribution in [0.1, 0.15) is 32.4 Å². The monoisotopic (exact) mass is 306 g/mol. The van der Waals surface area contributed by atoms with Gasteiger partial charge in [0.25, 0.3) is 0 Å². The summed E-state index contributed by atoms with van der Waals surface area (Å²) in [4.78, 5) is 11.0. The molecule has 2 aromatic rings. The number of carbonyl (C=O) groups excluding carboxylic acids is 1. The molecule has 0 saturated carbocycles. The first kappa shape index (κ1) is 15.4. The molecule has 0 aliphatic rings. The van der Waals surface area contributed by atoms with E-state index in [1.165, 1.54) is 6.92 Å². The van der Waals surface area contributed by atoms with Crippen molar-refractivity contribution in [3.63, 3.8) is 0 Å². The minimum absolute atomic E-state index is 0.140. The van der Waals surface area contributed by atoms with Gasteiger partial charge in [0.2, 0.25) is 5.91 Å². The zero-order chi connectivity index (χ0) is 15.4. The van der Waals surface area contributed by atoms with E-state index in [0.29, 0.717) is 23.3 Å². The highest BCUT2D eigenvalue weighted by Crippen LogP contribution is 2.25. The molecule has 0 atom stereocenters. The number of hydrogen-bond acceptors (Lipinski definition) is 3. The minimum atomic E-state index is -0.140. The Kier molecular flexibility index (Phi) is 4.85. The number of nitrogens with zero attached hydrogens (tertiary/aromatic N) is 2. The lowest BCUT2D eigenvalue weighted by atomic mass is 10.2. The van der Waals surface area contributed by atoms with Crippen molar-refractivity contribution in [2.45, 2.75) is 33.4 Å². The fourth-order valence-corrected chi connectivity index (χ4v) is 2.10. The van der Waals surface area contributed by atoms with Crippen LogP contribution in [0.3, 0.4) is 0 Å². The van der Waals surface area contributed by atoms with Crippen LogP contribution in [-0.4, -0.2) is 15.7 Å². The summed E-state index contributed by atoms with van der Waals surface area (Å²) in [7, 11) is 0. The van der Waals surface area contributed by atoms with Crippen LogP contribution >= 0.6 is 11.6 Å². The van der Waals surface area contributed by atoms with Crippen LogP contribution < -0.4 is 10.6 Å². The van der Waals surface area contributed by atoms with Crippen molar-refractivity contribution in [2.24, 2.45) is 0 Å². The number of carbonyl (C=O) groups is 1. The number of benzene rings is 1. The number of anilines is 2. The van der Waals surface area contributed by atoms with Gasteiger partial charge in [-0.3, -0.25) is 9.48 Å². The predicted octanol–water partition coefficient (Wildman–Crippen LogP) is 3.69. The maximum Gasteiger partial charge on any atom is 0.221 e. The number of halogens is 1. The van der Waals surface area contributed by atoms with Gasteiger partial charge in [-0.15, -0.1) is 0 Å². The van der Waals surface area contributed by atoms with E-state index in [1.807, 2.05) is 23.1 Å². The van der Waals surface area contributed by atoms with Gasteiger partial charge in [-0.1, -0.05) is 11.6 Å². The number of rotatable bonds is 5. The number of amides is 1. The second-order valence-electron chi connectivity index (χ2n) is 5.15. The first-order valence-electron chi connectivity index (χ1n) is 6.79. The SMILES string of the molecule is CC(=O)Nc1ccc(NCc2cnn(C(C)C)c2)cc1Cl. The first-order valence-corrected chi connectivity index (χ1v) is 7.17. The number of nitrogens with one attached hydrogen (secondary N) is 2. The first-order chi connectivity index (χ1) is 9.95. The normalized spacial score (nSPS) is 10.7. The minimum Gasteiger partial charge on any atom is -0.381 e. The van der Waals surface area contributed by atoms with Gasteiger partial charge < -0.3 is 10.6 Å². The molecule has 1 amide bonds. The lowest BCUT2D eigenvalue weighted by Crippen LogP contribution is -2.06. The lowest BCUT2D eigenvalue weighted by molar-refractivity contribution is -0.114. The molecule has 0 saturated heterocycles. The van der Waals surface area contributed by atoms with Gasteiger partial charge in [0.15, 0.2) is 0 Å². The molecule has 0 aliphatic heterocycles. The summed E-state index contributed by atoms with van der Waals surface area (Å²) in [5.74, 6) is -0.140. The topological polar surface area (TPSA) is 59.0 Å². The number of hydrogen-bond donors (Lipinski definition) is 2. The van der Waals surface area contributed by atoms with Crippen LogP contribution in [0.4, 0.5) is 11.4 Å². The quantitative estimate of drug-likeness (QED) is 0.885. The van der Waals surface area contributed by atoms with E-state index in [1.54, 1.807) is 12.1 Å². The fourth-order valence-electron chi connectivity index (χ4n) is 1.87. The van der Waals surface area contributed by atoms with Gasteiger partial charge in [0.05, 0.1) is 16.9 Å². The van der Waals surface area contributed by atoms with Crippen LogP contribution in [0.2, 0.25) is 5.02 Å². The Labute approximate surface area is 129 Å². The van der Waals surface area contributed by atoms with Crippen molar-refractivity contribution < 1.29 is 4.79 Å². The third kappa shape index (κ3) is 4.23. The van der Waals surface area contributed by atoms with Crippen molar-refractivity contribution in [1.82, 2.24) is 9.78 Å². The standard InChI is InChI=1S/C15H19ClN4O/c1-10(2)20-9-12(8-18-20)7-17-13-4-5-15(14(16)6-13)19-11(3)21/h4-6,8-10,17H,7H2,1-3H3,(H,19,21). The average Bonchev–Trinajstić information content (AvgIpc) is 2.88. The third-order valence-electron chi connectivity index (χ3n) is 2.96.